The molecule has 0 amide bonds. The predicted molar refractivity (Wildman–Crippen MR) is 166 cm³/mol. The SMILES string of the molecule is CC1(C)CC[C@]2(C(=O)CNC(N)=S)CC[C@]3(C)C(=CCC4[C@@]5(C)Cc6c(N)n[nH]c6C(C)(C)C5CC[C@]43C)C2C1. The Bertz CT molecular complexity index is 1300. The number of nitrogens with one attached hydrogen (secondary N) is 2. The number of carbonyl (C=O) groups is 1. The zero-order valence-corrected chi connectivity index (χ0v) is 26.6. The van der Waals surface area contributed by atoms with Crippen molar-refractivity contribution in [2.45, 2.75) is 112 Å². The largest absolute Gasteiger partial charge is 0.382 e. The van der Waals surface area contributed by atoms with Gasteiger partial charge in [-0.05, 0) is 109 Å². The molecule has 0 aromatic carbocycles. The number of aromatic amines is 1. The summed E-state index contributed by atoms with van der Waals surface area (Å²) in [7, 11) is 0. The highest BCUT2D eigenvalue weighted by atomic mass is 32.1. The van der Waals surface area contributed by atoms with Crippen molar-refractivity contribution in [1.29, 1.82) is 0 Å². The van der Waals surface area contributed by atoms with E-state index < -0.39 is 0 Å². The smallest absolute Gasteiger partial charge is 0.164 e. The molecule has 1 aromatic heterocycles. The first-order chi connectivity index (χ1) is 18.5. The Kier molecular flexibility index (Phi) is 6.06. The van der Waals surface area contributed by atoms with Crippen LogP contribution in [0.25, 0.3) is 0 Å². The van der Waals surface area contributed by atoms with E-state index in [2.05, 4.69) is 70.1 Å². The average molecular weight is 566 g/mol. The number of aromatic nitrogens is 2. The molecule has 0 aliphatic heterocycles. The van der Waals surface area contributed by atoms with Crippen LogP contribution < -0.4 is 16.8 Å². The molecule has 3 fully saturated rings. The van der Waals surface area contributed by atoms with Crippen LogP contribution in [0.2, 0.25) is 0 Å². The summed E-state index contributed by atoms with van der Waals surface area (Å²) in [5.74, 6) is 2.42. The lowest BCUT2D eigenvalue weighted by Gasteiger charge is -2.70. The molecule has 7 atom stereocenters. The van der Waals surface area contributed by atoms with Gasteiger partial charge in [-0.15, -0.1) is 0 Å². The third-order valence-corrected chi connectivity index (χ3v) is 14.0. The van der Waals surface area contributed by atoms with Gasteiger partial charge in [0.1, 0.15) is 5.82 Å². The topological polar surface area (TPSA) is 110 Å². The fourth-order valence-electron chi connectivity index (χ4n) is 11.5. The van der Waals surface area contributed by atoms with E-state index in [0.29, 0.717) is 23.4 Å². The minimum absolute atomic E-state index is 0.0112. The van der Waals surface area contributed by atoms with Gasteiger partial charge in [-0.25, -0.2) is 0 Å². The van der Waals surface area contributed by atoms with Gasteiger partial charge < -0.3 is 16.8 Å². The summed E-state index contributed by atoms with van der Waals surface area (Å²) in [6, 6.07) is 0. The maximum absolute atomic E-state index is 14.0. The van der Waals surface area contributed by atoms with Crippen LogP contribution in [-0.4, -0.2) is 27.6 Å². The highest BCUT2D eigenvalue weighted by Crippen LogP contribution is 2.75. The molecule has 40 heavy (non-hydrogen) atoms. The van der Waals surface area contributed by atoms with E-state index in [0.717, 1.165) is 44.9 Å². The van der Waals surface area contributed by atoms with E-state index in [1.165, 1.54) is 24.1 Å². The van der Waals surface area contributed by atoms with Gasteiger partial charge in [0.25, 0.3) is 0 Å². The average Bonchev–Trinajstić information content (AvgIpc) is 3.23. The van der Waals surface area contributed by atoms with Gasteiger partial charge >= 0.3 is 0 Å². The molecule has 1 heterocycles. The monoisotopic (exact) mass is 565 g/mol. The number of fused-ring (bicyclic) bond motifs is 8. The third-order valence-electron chi connectivity index (χ3n) is 13.9. The van der Waals surface area contributed by atoms with Crippen LogP contribution in [0, 0.1) is 44.8 Å². The van der Waals surface area contributed by atoms with Crippen molar-refractivity contribution in [3.63, 3.8) is 0 Å². The molecule has 1 aromatic rings. The van der Waals surface area contributed by atoms with Crippen LogP contribution in [0.1, 0.15) is 111 Å². The Hall–Kier alpha value is -1.89. The van der Waals surface area contributed by atoms with E-state index in [9.17, 15) is 4.79 Å². The first-order valence-electron chi connectivity index (χ1n) is 15.6. The standard InChI is InChI=1S/C33H51N5OS/c1-28(2)12-14-33(24(39)18-36-27(35)40)15-13-31(6)20(21(33)17-28)8-9-23-30(5)16-19-25(37-38-26(19)34)29(3,4)22(30)10-11-32(23,31)7/h8,21-23H,9-18H2,1-7H3,(H3,34,37,38)(H3,35,36,40)/t21?,22?,23?,30-,31+,32+,33-/m0/s1. The lowest BCUT2D eigenvalue weighted by molar-refractivity contribution is -0.166. The molecule has 0 bridgehead atoms. The molecule has 5 aliphatic carbocycles. The van der Waals surface area contributed by atoms with Crippen molar-refractivity contribution in [2.24, 2.45) is 50.6 Å². The molecule has 0 saturated heterocycles. The Morgan fingerprint density at radius 2 is 1.77 bits per heavy atom. The predicted octanol–water partition coefficient (Wildman–Crippen LogP) is 6.21. The van der Waals surface area contributed by atoms with Crippen LogP contribution >= 0.6 is 12.2 Å². The van der Waals surface area contributed by atoms with Crippen LogP contribution in [0.5, 0.6) is 0 Å². The zero-order valence-electron chi connectivity index (χ0n) is 25.8. The molecular formula is C33H51N5OS. The van der Waals surface area contributed by atoms with Crippen molar-refractivity contribution in [2.75, 3.05) is 12.3 Å². The first kappa shape index (κ1) is 28.2. The number of anilines is 1. The van der Waals surface area contributed by atoms with Crippen molar-refractivity contribution >= 4 is 28.9 Å². The number of carbonyl (C=O) groups excluding carboxylic acids is 1. The van der Waals surface area contributed by atoms with Crippen LogP contribution in [0.4, 0.5) is 5.82 Å². The second-order valence-corrected chi connectivity index (χ2v) is 16.8. The number of hydrogen-bond acceptors (Lipinski definition) is 4. The number of allylic oxidation sites excluding steroid dienone is 2. The van der Waals surface area contributed by atoms with Crippen LogP contribution in [0.15, 0.2) is 11.6 Å². The highest BCUT2D eigenvalue weighted by molar-refractivity contribution is 7.80. The fraction of sp³-hybridized carbons (Fsp3) is 0.788. The molecule has 6 nitrogen and oxygen atoms in total. The van der Waals surface area contributed by atoms with Crippen LogP contribution in [-0.2, 0) is 16.6 Å². The molecule has 0 radical (unpaired) electrons. The summed E-state index contributed by atoms with van der Waals surface area (Å²) < 4.78 is 0. The Balaban J connectivity index is 1.43. The van der Waals surface area contributed by atoms with Crippen molar-refractivity contribution in [3.8, 4) is 0 Å². The summed E-state index contributed by atoms with van der Waals surface area (Å²) in [6.45, 7) is 17.6. The zero-order chi connectivity index (χ0) is 29.1. The number of rotatable bonds is 3. The number of nitrogen functional groups attached to an aromatic ring is 1. The summed E-state index contributed by atoms with van der Waals surface area (Å²) >= 11 is 5.07. The summed E-state index contributed by atoms with van der Waals surface area (Å²) in [5.41, 5.74) is 16.6. The Morgan fingerprint density at radius 3 is 2.48 bits per heavy atom. The fourth-order valence-corrected chi connectivity index (χ4v) is 11.6. The lowest BCUT2D eigenvalue weighted by Crippen LogP contribution is -2.65. The molecule has 5 aliphatic rings. The number of hydrogen-bond donors (Lipinski definition) is 4. The van der Waals surface area contributed by atoms with E-state index >= 15 is 0 Å². The minimum atomic E-state index is -0.310. The number of nitrogens with two attached hydrogens (primary N) is 2. The first-order valence-corrected chi connectivity index (χ1v) is 16.0. The van der Waals surface area contributed by atoms with Gasteiger partial charge in [-0.1, -0.05) is 60.1 Å². The van der Waals surface area contributed by atoms with Gasteiger partial charge in [-0.2, -0.15) is 5.10 Å². The van der Waals surface area contributed by atoms with Gasteiger partial charge in [0.05, 0.1) is 6.54 Å². The molecule has 7 heteroatoms. The van der Waals surface area contributed by atoms with E-state index in [1.807, 2.05) is 0 Å². The molecule has 6 rings (SSSR count). The lowest BCUT2D eigenvalue weighted by atomic mass is 9.33. The summed E-state index contributed by atoms with van der Waals surface area (Å²) in [6.07, 6.45) is 12.3. The number of Topliss-reactive ketones (excluding diaryl/α,β-unsaturated/α-hetero) is 1. The normalized spacial score (nSPS) is 42.7. The van der Waals surface area contributed by atoms with Crippen LogP contribution in [0.3, 0.4) is 0 Å². The number of H-pyrrole nitrogens is 1. The maximum Gasteiger partial charge on any atom is 0.164 e. The maximum atomic E-state index is 14.0. The van der Waals surface area contributed by atoms with Crippen molar-refractivity contribution < 1.29 is 4.79 Å². The summed E-state index contributed by atoms with van der Waals surface area (Å²) in [4.78, 5) is 14.0. The second kappa shape index (κ2) is 8.58. The number of ketones is 1. The van der Waals surface area contributed by atoms with Crippen molar-refractivity contribution in [1.82, 2.24) is 15.5 Å². The van der Waals surface area contributed by atoms with Gasteiger partial charge in [0.15, 0.2) is 10.9 Å². The van der Waals surface area contributed by atoms with E-state index in [4.69, 9.17) is 23.7 Å². The highest BCUT2D eigenvalue weighted by Gasteiger charge is 2.69. The quantitative estimate of drug-likeness (QED) is 0.256. The van der Waals surface area contributed by atoms with Gasteiger partial charge in [0.2, 0.25) is 0 Å². The summed E-state index contributed by atoms with van der Waals surface area (Å²) in [5, 5.41) is 11.0. The molecular weight excluding hydrogens is 514 g/mol. The van der Waals surface area contributed by atoms with Gasteiger partial charge in [0, 0.05) is 22.1 Å². The third kappa shape index (κ3) is 3.54. The molecule has 220 valence electrons. The number of nitrogens with zero attached hydrogens (tertiary/aromatic N) is 1. The van der Waals surface area contributed by atoms with Gasteiger partial charge in [-0.3, -0.25) is 9.89 Å². The molecule has 3 saturated carbocycles. The molecule has 3 unspecified atom stereocenters. The van der Waals surface area contributed by atoms with Crippen molar-refractivity contribution in [3.05, 3.63) is 22.9 Å². The minimum Gasteiger partial charge on any atom is -0.382 e. The number of thiocarbonyl (C=S) groups is 1. The second-order valence-electron chi connectivity index (χ2n) is 16.4. The van der Waals surface area contributed by atoms with E-state index in [1.54, 1.807) is 5.57 Å². The molecule has 0 spiro atoms. The Morgan fingerprint density at radius 1 is 1.07 bits per heavy atom. The Labute approximate surface area is 246 Å². The van der Waals surface area contributed by atoms with E-state index in [-0.39, 0.29) is 50.1 Å². The molecule has 6 N–H and O–H groups in total.